The van der Waals surface area contributed by atoms with Crippen molar-refractivity contribution in [2.24, 2.45) is 0 Å². The molecular formula is C20H34O3. The Morgan fingerprint density at radius 1 is 1.13 bits per heavy atom. The second-order valence-electron chi connectivity index (χ2n) is 6.61. The van der Waals surface area contributed by atoms with Crippen LogP contribution < -0.4 is 0 Å². The zero-order chi connectivity index (χ0) is 17.9. The summed E-state index contributed by atoms with van der Waals surface area (Å²) in [6.07, 6.45) is 9.66. The number of aliphatic hydroxyl groups is 3. The van der Waals surface area contributed by atoms with Crippen molar-refractivity contribution in [2.75, 3.05) is 6.61 Å². The van der Waals surface area contributed by atoms with Gasteiger partial charge in [0.25, 0.3) is 0 Å². The van der Waals surface area contributed by atoms with E-state index in [0.29, 0.717) is 12.8 Å². The van der Waals surface area contributed by atoms with Gasteiger partial charge in [-0.25, -0.2) is 0 Å². The maximum absolute atomic E-state index is 10.1. The molecule has 0 aromatic heterocycles. The van der Waals surface area contributed by atoms with E-state index in [-0.39, 0.29) is 6.61 Å². The largest absolute Gasteiger partial charge is 0.392 e. The molecule has 0 aliphatic heterocycles. The summed E-state index contributed by atoms with van der Waals surface area (Å²) in [5, 5.41) is 28.9. The first-order chi connectivity index (χ1) is 10.7. The summed E-state index contributed by atoms with van der Waals surface area (Å²) in [5.74, 6) is 0. The SMILES string of the molecule is C=C[C@@](C)(O)CCC(O)C(=C)CC/C=C(\C)CC/C=C(/C)CO. The fourth-order valence-electron chi connectivity index (χ4n) is 2.12. The van der Waals surface area contributed by atoms with Gasteiger partial charge < -0.3 is 15.3 Å². The third-order valence-electron chi connectivity index (χ3n) is 4.07. The number of aliphatic hydroxyl groups excluding tert-OH is 2. The Morgan fingerprint density at radius 2 is 1.70 bits per heavy atom. The lowest BCUT2D eigenvalue weighted by Crippen LogP contribution is -2.23. The summed E-state index contributed by atoms with van der Waals surface area (Å²) in [4.78, 5) is 0. The second-order valence-corrected chi connectivity index (χ2v) is 6.61. The zero-order valence-corrected chi connectivity index (χ0v) is 15.0. The minimum Gasteiger partial charge on any atom is -0.392 e. The Morgan fingerprint density at radius 3 is 2.26 bits per heavy atom. The molecule has 0 amide bonds. The Labute approximate surface area is 141 Å². The second kappa shape index (κ2) is 11.4. The van der Waals surface area contributed by atoms with Gasteiger partial charge in [-0.2, -0.15) is 0 Å². The summed E-state index contributed by atoms with van der Waals surface area (Å²) in [6, 6.07) is 0. The van der Waals surface area contributed by atoms with Gasteiger partial charge in [-0.15, -0.1) is 6.58 Å². The molecule has 1 unspecified atom stereocenters. The van der Waals surface area contributed by atoms with Gasteiger partial charge >= 0.3 is 0 Å². The molecule has 0 heterocycles. The van der Waals surface area contributed by atoms with Crippen LogP contribution in [0.5, 0.6) is 0 Å². The van der Waals surface area contributed by atoms with Gasteiger partial charge in [0.1, 0.15) is 0 Å². The predicted octanol–water partition coefficient (Wildman–Crippen LogP) is 4.07. The van der Waals surface area contributed by atoms with Crippen molar-refractivity contribution in [3.05, 3.63) is 48.1 Å². The minimum absolute atomic E-state index is 0.124. The summed E-state index contributed by atoms with van der Waals surface area (Å²) >= 11 is 0. The van der Waals surface area contributed by atoms with Crippen molar-refractivity contribution in [1.29, 1.82) is 0 Å². The molecular weight excluding hydrogens is 288 g/mol. The van der Waals surface area contributed by atoms with Crippen molar-refractivity contribution in [3.63, 3.8) is 0 Å². The van der Waals surface area contributed by atoms with E-state index in [1.165, 1.54) is 11.6 Å². The molecule has 0 saturated carbocycles. The molecule has 3 heteroatoms. The molecule has 2 atom stereocenters. The number of hydrogen-bond donors (Lipinski definition) is 3. The first-order valence-corrected chi connectivity index (χ1v) is 8.35. The van der Waals surface area contributed by atoms with Gasteiger partial charge in [0.2, 0.25) is 0 Å². The molecule has 0 aliphatic carbocycles. The molecule has 23 heavy (non-hydrogen) atoms. The lowest BCUT2D eigenvalue weighted by molar-refractivity contribution is 0.0804. The number of rotatable bonds is 12. The Kier molecular flexibility index (Phi) is 10.8. The van der Waals surface area contributed by atoms with Gasteiger partial charge in [-0.3, -0.25) is 0 Å². The average molecular weight is 322 g/mol. The third kappa shape index (κ3) is 11.1. The van der Waals surface area contributed by atoms with Crippen LogP contribution >= 0.6 is 0 Å². The van der Waals surface area contributed by atoms with Crippen LogP contribution in [0.1, 0.15) is 59.3 Å². The van der Waals surface area contributed by atoms with Crippen LogP contribution in [0.25, 0.3) is 0 Å². The molecule has 132 valence electrons. The summed E-state index contributed by atoms with van der Waals surface area (Å²) in [6.45, 7) is 13.4. The summed E-state index contributed by atoms with van der Waals surface area (Å²) < 4.78 is 0. The fraction of sp³-hybridized carbons (Fsp3) is 0.600. The van der Waals surface area contributed by atoms with Gasteiger partial charge in [-0.05, 0) is 64.9 Å². The molecule has 0 fully saturated rings. The monoisotopic (exact) mass is 322 g/mol. The quantitative estimate of drug-likeness (QED) is 0.475. The summed E-state index contributed by atoms with van der Waals surface area (Å²) in [5.41, 5.74) is 2.19. The van der Waals surface area contributed by atoms with Crippen LogP contribution in [0.3, 0.4) is 0 Å². The van der Waals surface area contributed by atoms with Crippen LogP contribution in [-0.4, -0.2) is 33.6 Å². The standard InChI is InChI=1S/C20H34O3/c1-6-20(5,23)14-13-19(22)18(4)12-8-10-16(2)9-7-11-17(3)15-21/h6,10-11,19,21-23H,1,4,7-9,12-15H2,2-3,5H3/b16-10+,17-11-/t19?,20-/m1/s1. The molecule has 0 aromatic carbocycles. The van der Waals surface area contributed by atoms with Gasteiger partial charge in [0.05, 0.1) is 18.3 Å². The molecule has 0 radical (unpaired) electrons. The van der Waals surface area contributed by atoms with E-state index < -0.39 is 11.7 Å². The molecule has 0 saturated heterocycles. The van der Waals surface area contributed by atoms with E-state index in [1.54, 1.807) is 6.92 Å². The first-order valence-electron chi connectivity index (χ1n) is 8.35. The summed E-state index contributed by atoms with van der Waals surface area (Å²) in [7, 11) is 0. The number of allylic oxidation sites excluding steroid dienone is 3. The predicted molar refractivity (Wildman–Crippen MR) is 98.3 cm³/mol. The van der Waals surface area contributed by atoms with Crippen LogP contribution in [0, 0.1) is 0 Å². The van der Waals surface area contributed by atoms with Crippen LogP contribution in [0.2, 0.25) is 0 Å². The van der Waals surface area contributed by atoms with E-state index in [1.807, 2.05) is 6.92 Å². The van der Waals surface area contributed by atoms with Crippen molar-refractivity contribution in [1.82, 2.24) is 0 Å². The Balaban J connectivity index is 4.08. The molecule has 3 N–H and O–H groups in total. The molecule has 0 spiro atoms. The minimum atomic E-state index is -0.933. The van der Waals surface area contributed by atoms with Crippen LogP contribution in [-0.2, 0) is 0 Å². The average Bonchev–Trinajstić information content (AvgIpc) is 2.52. The fourth-order valence-corrected chi connectivity index (χ4v) is 2.12. The Bertz CT molecular complexity index is 430. The molecule has 0 bridgehead atoms. The van der Waals surface area contributed by atoms with Crippen LogP contribution in [0.15, 0.2) is 48.1 Å². The Hall–Kier alpha value is -1.16. The molecule has 0 rings (SSSR count). The highest BCUT2D eigenvalue weighted by atomic mass is 16.3. The molecule has 0 aliphatic rings. The van der Waals surface area contributed by atoms with Crippen LogP contribution in [0.4, 0.5) is 0 Å². The highest BCUT2D eigenvalue weighted by molar-refractivity contribution is 5.08. The smallest absolute Gasteiger partial charge is 0.0798 e. The van der Waals surface area contributed by atoms with E-state index in [0.717, 1.165) is 36.8 Å². The van der Waals surface area contributed by atoms with Crippen molar-refractivity contribution in [3.8, 4) is 0 Å². The first kappa shape index (κ1) is 21.8. The maximum atomic E-state index is 10.1. The van der Waals surface area contributed by atoms with E-state index in [4.69, 9.17) is 5.11 Å². The van der Waals surface area contributed by atoms with Gasteiger partial charge in [-0.1, -0.05) is 36.0 Å². The topological polar surface area (TPSA) is 60.7 Å². The van der Waals surface area contributed by atoms with Crippen molar-refractivity contribution in [2.45, 2.75) is 71.0 Å². The van der Waals surface area contributed by atoms with Gasteiger partial charge in [0.15, 0.2) is 0 Å². The maximum Gasteiger partial charge on any atom is 0.0798 e. The third-order valence-corrected chi connectivity index (χ3v) is 4.07. The van der Waals surface area contributed by atoms with E-state index in [2.05, 4.69) is 32.2 Å². The van der Waals surface area contributed by atoms with E-state index >= 15 is 0 Å². The lowest BCUT2D eigenvalue weighted by Gasteiger charge is -2.21. The highest BCUT2D eigenvalue weighted by Gasteiger charge is 2.18. The zero-order valence-electron chi connectivity index (χ0n) is 15.0. The molecule has 3 nitrogen and oxygen atoms in total. The molecule has 0 aromatic rings. The van der Waals surface area contributed by atoms with Crippen molar-refractivity contribution < 1.29 is 15.3 Å². The lowest BCUT2D eigenvalue weighted by atomic mass is 9.94. The van der Waals surface area contributed by atoms with E-state index in [9.17, 15) is 10.2 Å². The normalized spacial score (nSPS) is 16.8. The van der Waals surface area contributed by atoms with Crippen molar-refractivity contribution >= 4 is 0 Å². The highest BCUT2D eigenvalue weighted by Crippen LogP contribution is 2.20. The van der Waals surface area contributed by atoms with Gasteiger partial charge in [0, 0.05) is 0 Å². The number of hydrogen-bond acceptors (Lipinski definition) is 3.